The second kappa shape index (κ2) is 67.0. The molecule has 3 N–H and O–H groups in total. The van der Waals surface area contributed by atoms with E-state index in [-0.39, 0.29) is 25.7 Å². The second-order valence-corrected chi connectivity index (χ2v) is 26.4. The van der Waals surface area contributed by atoms with E-state index in [1.807, 2.05) is 30.4 Å². The number of aliphatic hydroxyl groups excluding tert-OH is 1. The number of unbranched alkanes of at least 4 members (excludes halogenated alkanes) is 21. The number of rotatable bonds is 66. The monoisotopic (exact) mass is 1360 g/mol. The molecule has 0 aromatic carbocycles. The molecular weight excluding hydrogens is 1230 g/mol. The summed E-state index contributed by atoms with van der Waals surface area (Å²) in [6, 6.07) is 0. The Kier molecular flexibility index (Phi) is 63.8. The largest absolute Gasteiger partial charge is 0.472 e. The zero-order valence-corrected chi connectivity index (χ0v) is 60.1. The topological polar surface area (TPSA) is 237 Å². The summed E-state index contributed by atoms with van der Waals surface area (Å²) in [5.74, 6) is -2.39. The number of phosphoric acid groups is 2. The molecule has 5 atom stereocenters. The quantitative estimate of drug-likeness (QED) is 0.0169. The molecule has 0 aliphatic heterocycles. The molecular formula is C75H126O17P2. The first-order valence-corrected chi connectivity index (χ1v) is 38.8. The zero-order valence-electron chi connectivity index (χ0n) is 58.3. The van der Waals surface area contributed by atoms with Crippen molar-refractivity contribution in [3.8, 4) is 0 Å². The summed E-state index contributed by atoms with van der Waals surface area (Å²) in [6.07, 6.45) is 71.1. The smallest absolute Gasteiger partial charge is 0.462 e. The lowest BCUT2D eigenvalue weighted by Gasteiger charge is -2.21. The van der Waals surface area contributed by atoms with Gasteiger partial charge >= 0.3 is 39.5 Å². The molecule has 17 nitrogen and oxygen atoms in total. The third-order valence-electron chi connectivity index (χ3n) is 14.5. The van der Waals surface area contributed by atoms with Gasteiger partial charge in [0.15, 0.2) is 12.2 Å². The van der Waals surface area contributed by atoms with Gasteiger partial charge in [0.1, 0.15) is 19.3 Å². The Morgan fingerprint density at radius 3 is 0.936 bits per heavy atom. The van der Waals surface area contributed by atoms with Gasteiger partial charge in [-0.2, -0.15) is 0 Å². The third-order valence-corrected chi connectivity index (χ3v) is 16.4. The molecule has 0 rings (SSSR count). The first kappa shape index (κ1) is 89.5. The minimum absolute atomic E-state index is 0.0714. The Balaban J connectivity index is 5.41. The zero-order chi connectivity index (χ0) is 69.0. The SMILES string of the molecule is CC/C=C\C/C=C\C/C=C\C/C=C\C/C=C\CCCC(=O)OCC(COP(=O)(O)OCC(O)COP(=O)(O)OCC(COC(=O)C/C=C\C/C=C\C/C=C\C/C=C\C/C=C\CC)OC(=O)CCCCCCCCCCCCC)OC(=O)CCCCCCCCCCCCC. The summed E-state index contributed by atoms with van der Waals surface area (Å²) < 4.78 is 68.0. The summed E-state index contributed by atoms with van der Waals surface area (Å²) in [6.45, 7) is 4.43. The summed E-state index contributed by atoms with van der Waals surface area (Å²) in [5, 5.41) is 10.6. The van der Waals surface area contributed by atoms with Crippen LogP contribution in [0.2, 0.25) is 0 Å². The van der Waals surface area contributed by atoms with Crippen molar-refractivity contribution in [3.63, 3.8) is 0 Å². The van der Waals surface area contributed by atoms with E-state index in [1.165, 1.54) is 77.0 Å². The highest BCUT2D eigenvalue weighted by Crippen LogP contribution is 2.45. The van der Waals surface area contributed by atoms with E-state index in [0.717, 1.165) is 109 Å². The second-order valence-electron chi connectivity index (χ2n) is 23.4. The lowest BCUT2D eigenvalue weighted by atomic mass is 10.1. The van der Waals surface area contributed by atoms with Crippen molar-refractivity contribution >= 4 is 39.5 Å². The van der Waals surface area contributed by atoms with Crippen molar-refractivity contribution in [2.24, 2.45) is 0 Å². The highest BCUT2D eigenvalue weighted by atomic mass is 31.2. The molecule has 0 aromatic heterocycles. The summed E-state index contributed by atoms with van der Waals surface area (Å²) in [4.78, 5) is 72.5. The van der Waals surface area contributed by atoms with Crippen LogP contribution in [0.15, 0.2) is 122 Å². The van der Waals surface area contributed by atoms with Crippen LogP contribution in [0.1, 0.15) is 272 Å². The van der Waals surface area contributed by atoms with Gasteiger partial charge in [0.2, 0.25) is 0 Å². The standard InChI is InChI=1S/C75H126O17P2/c1-5-9-13-17-21-25-29-31-33-34-36-38-42-44-48-52-56-60-73(78)86-66-71(92-75(80)62-58-54-50-46-40-28-24-20-16-12-8-4)68-90-94(83,84)88-64-69(76)63-87-93(81,82)89-67-70(91-74(79)61-57-53-49-45-39-27-23-19-15-11-7-3)65-85-72(77)59-55-51-47-43-41-37-35-32-30-26-22-18-14-10-6-2/h9-10,13-14,21-22,25-26,31-33,35-36,38,41,43-44,48,51,55,69-71,76H,5-8,11-12,15-20,23-24,27-30,34,37,39-40,42,45-47,49-50,52-54,56-68H2,1-4H3,(H,81,82)(H,83,84)/b13-9-,14-10-,25-21-,26-22-,33-31-,35-32-,38-36-,43-41-,48-44-,55-51-. The summed E-state index contributed by atoms with van der Waals surface area (Å²) >= 11 is 0. The van der Waals surface area contributed by atoms with Crippen LogP contribution in [0.4, 0.5) is 0 Å². The van der Waals surface area contributed by atoms with Gasteiger partial charge < -0.3 is 33.8 Å². The molecule has 19 heteroatoms. The first-order chi connectivity index (χ1) is 45.7. The fraction of sp³-hybridized carbons (Fsp3) is 0.680. The maximum atomic E-state index is 13.0. The third kappa shape index (κ3) is 66.1. The Morgan fingerprint density at radius 2 is 0.596 bits per heavy atom. The number of phosphoric ester groups is 2. The maximum Gasteiger partial charge on any atom is 0.472 e. The minimum atomic E-state index is -4.99. The van der Waals surface area contributed by atoms with Gasteiger partial charge in [-0.25, -0.2) is 9.13 Å². The predicted molar refractivity (Wildman–Crippen MR) is 381 cm³/mol. The average molecular weight is 1360 g/mol. The number of carbonyl (C=O) groups is 4. The molecule has 0 aromatic rings. The number of ether oxygens (including phenoxy) is 4. The van der Waals surface area contributed by atoms with Crippen molar-refractivity contribution in [2.45, 2.75) is 290 Å². The van der Waals surface area contributed by atoms with E-state index in [4.69, 9.17) is 37.0 Å². The molecule has 0 aliphatic rings. The van der Waals surface area contributed by atoms with Crippen molar-refractivity contribution in [1.82, 2.24) is 0 Å². The highest BCUT2D eigenvalue weighted by Gasteiger charge is 2.30. The summed E-state index contributed by atoms with van der Waals surface area (Å²) in [5.41, 5.74) is 0. The number of hydrogen-bond acceptors (Lipinski definition) is 15. The van der Waals surface area contributed by atoms with Gasteiger partial charge in [0.05, 0.1) is 32.8 Å². The molecule has 0 saturated carbocycles. The molecule has 0 heterocycles. The van der Waals surface area contributed by atoms with E-state index >= 15 is 0 Å². The number of carbonyl (C=O) groups excluding carboxylic acids is 4. The fourth-order valence-electron chi connectivity index (χ4n) is 9.09. The Morgan fingerprint density at radius 1 is 0.319 bits per heavy atom. The molecule has 0 radical (unpaired) electrons. The van der Waals surface area contributed by atoms with E-state index in [1.54, 1.807) is 6.08 Å². The lowest BCUT2D eigenvalue weighted by molar-refractivity contribution is -0.161. The molecule has 0 bridgehead atoms. The van der Waals surface area contributed by atoms with Gasteiger partial charge in [0, 0.05) is 19.3 Å². The van der Waals surface area contributed by atoms with Gasteiger partial charge in [-0.05, 0) is 89.9 Å². The van der Waals surface area contributed by atoms with E-state index < -0.39 is 97.5 Å². The predicted octanol–water partition coefficient (Wildman–Crippen LogP) is 20.0. The molecule has 0 aliphatic carbocycles. The Bertz CT molecular complexity index is 2270. The van der Waals surface area contributed by atoms with E-state index in [9.17, 15) is 43.2 Å². The molecule has 0 fully saturated rings. The highest BCUT2D eigenvalue weighted by molar-refractivity contribution is 7.47. The van der Waals surface area contributed by atoms with Crippen molar-refractivity contribution < 1.29 is 80.2 Å². The number of allylic oxidation sites excluding steroid dienone is 19. The van der Waals surface area contributed by atoms with Gasteiger partial charge in [-0.1, -0.05) is 278 Å². The van der Waals surface area contributed by atoms with Crippen LogP contribution < -0.4 is 0 Å². The van der Waals surface area contributed by atoms with Crippen LogP contribution in [0.5, 0.6) is 0 Å². The average Bonchev–Trinajstić information content (AvgIpc) is 1.32. The first-order valence-electron chi connectivity index (χ1n) is 35.8. The van der Waals surface area contributed by atoms with Gasteiger partial charge in [-0.3, -0.25) is 37.3 Å². The van der Waals surface area contributed by atoms with Crippen LogP contribution in [0.3, 0.4) is 0 Å². The van der Waals surface area contributed by atoms with Crippen molar-refractivity contribution in [1.29, 1.82) is 0 Å². The van der Waals surface area contributed by atoms with Crippen LogP contribution in [0.25, 0.3) is 0 Å². The number of aliphatic hydroxyl groups is 1. The molecule has 5 unspecified atom stereocenters. The minimum Gasteiger partial charge on any atom is -0.462 e. The summed E-state index contributed by atoms with van der Waals surface area (Å²) in [7, 11) is -9.97. The Hall–Kier alpha value is -4.54. The lowest BCUT2D eigenvalue weighted by Crippen LogP contribution is -2.30. The fourth-order valence-corrected chi connectivity index (χ4v) is 10.7. The molecule has 0 amide bonds. The van der Waals surface area contributed by atoms with Gasteiger partial charge in [0.25, 0.3) is 0 Å². The maximum absolute atomic E-state index is 13.0. The Labute approximate surface area is 568 Å². The van der Waals surface area contributed by atoms with E-state index in [2.05, 4.69) is 113 Å². The number of esters is 4. The van der Waals surface area contributed by atoms with Crippen LogP contribution in [-0.4, -0.2) is 96.7 Å². The van der Waals surface area contributed by atoms with Crippen LogP contribution in [0, 0.1) is 0 Å². The van der Waals surface area contributed by atoms with Crippen molar-refractivity contribution in [3.05, 3.63) is 122 Å². The molecule has 0 saturated heterocycles. The molecule has 0 spiro atoms. The van der Waals surface area contributed by atoms with Crippen LogP contribution >= 0.6 is 15.6 Å². The molecule has 94 heavy (non-hydrogen) atoms. The van der Waals surface area contributed by atoms with E-state index in [0.29, 0.717) is 32.1 Å². The van der Waals surface area contributed by atoms with Gasteiger partial charge in [-0.15, -0.1) is 0 Å². The number of hydrogen-bond donors (Lipinski definition) is 3. The molecule has 538 valence electrons. The normalized spacial score (nSPS) is 14.8. The van der Waals surface area contributed by atoms with Crippen LogP contribution in [-0.2, 0) is 65.4 Å². The van der Waals surface area contributed by atoms with Crippen molar-refractivity contribution in [2.75, 3.05) is 39.6 Å².